The van der Waals surface area contributed by atoms with Gasteiger partial charge >= 0.3 is 0 Å². The number of rotatable bonds is 9. The molecule has 18 heavy (non-hydrogen) atoms. The summed E-state index contributed by atoms with van der Waals surface area (Å²) in [5, 5.41) is 0. The van der Waals surface area contributed by atoms with Gasteiger partial charge in [-0.05, 0) is 40.0 Å². The van der Waals surface area contributed by atoms with Crippen molar-refractivity contribution in [2.75, 3.05) is 33.5 Å². The fraction of sp³-hybridized carbons (Fsp3) is 0.538. The maximum absolute atomic E-state index is 13.0. The molecular formula is C13H18BrFO3. The number of hydrogen-bond donors (Lipinski definition) is 0. The summed E-state index contributed by atoms with van der Waals surface area (Å²) >= 11 is 3.14. The summed E-state index contributed by atoms with van der Waals surface area (Å²) < 4.78 is 29.1. The number of benzene rings is 1. The van der Waals surface area contributed by atoms with Gasteiger partial charge in [0.15, 0.2) is 0 Å². The summed E-state index contributed by atoms with van der Waals surface area (Å²) in [7, 11) is 1.67. The zero-order valence-corrected chi connectivity index (χ0v) is 12.0. The molecule has 1 rings (SSSR count). The molecule has 0 aliphatic rings. The van der Waals surface area contributed by atoms with Crippen LogP contribution in [-0.4, -0.2) is 33.5 Å². The standard InChI is InChI=1S/C13H18BrFO3/c1-16-5-2-6-17-7-8-18-10-11-3-4-13(15)12(14)9-11/h3-4,9H,2,5-8,10H2,1H3. The Morgan fingerprint density at radius 2 is 1.89 bits per heavy atom. The molecule has 0 amide bonds. The molecule has 102 valence electrons. The van der Waals surface area contributed by atoms with Crippen molar-refractivity contribution < 1.29 is 18.6 Å². The van der Waals surface area contributed by atoms with Crippen molar-refractivity contribution in [1.29, 1.82) is 0 Å². The molecule has 0 radical (unpaired) electrons. The van der Waals surface area contributed by atoms with Crippen molar-refractivity contribution in [3.63, 3.8) is 0 Å². The molecule has 3 nitrogen and oxygen atoms in total. The van der Waals surface area contributed by atoms with E-state index in [1.54, 1.807) is 19.2 Å². The van der Waals surface area contributed by atoms with Crippen LogP contribution < -0.4 is 0 Å². The van der Waals surface area contributed by atoms with E-state index in [9.17, 15) is 4.39 Å². The minimum atomic E-state index is -0.264. The maximum Gasteiger partial charge on any atom is 0.137 e. The Kier molecular flexibility index (Phi) is 8.17. The molecule has 0 bridgehead atoms. The molecule has 0 atom stereocenters. The van der Waals surface area contributed by atoms with Crippen LogP contribution in [0.5, 0.6) is 0 Å². The fourth-order valence-corrected chi connectivity index (χ4v) is 1.77. The second kappa shape index (κ2) is 9.44. The molecule has 0 spiro atoms. The number of methoxy groups -OCH3 is 1. The van der Waals surface area contributed by atoms with E-state index in [2.05, 4.69) is 15.9 Å². The van der Waals surface area contributed by atoms with Crippen molar-refractivity contribution >= 4 is 15.9 Å². The van der Waals surface area contributed by atoms with E-state index in [4.69, 9.17) is 14.2 Å². The Labute approximate surface area is 115 Å². The first-order chi connectivity index (χ1) is 8.74. The second-order valence-electron chi connectivity index (χ2n) is 3.76. The molecule has 0 aliphatic carbocycles. The van der Waals surface area contributed by atoms with Gasteiger partial charge in [0.2, 0.25) is 0 Å². The summed E-state index contributed by atoms with van der Waals surface area (Å²) in [5.74, 6) is -0.264. The molecule has 0 unspecified atom stereocenters. The third-order valence-corrected chi connectivity index (χ3v) is 2.87. The molecule has 5 heteroatoms. The van der Waals surface area contributed by atoms with Crippen molar-refractivity contribution in [2.45, 2.75) is 13.0 Å². The zero-order valence-electron chi connectivity index (χ0n) is 10.5. The van der Waals surface area contributed by atoms with Crippen LogP contribution in [0.15, 0.2) is 22.7 Å². The summed E-state index contributed by atoms with van der Waals surface area (Å²) in [5.41, 5.74) is 0.933. The largest absolute Gasteiger partial charge is 0.385 e. The highest BCUT2D eigenvalue weighted by atomic mass is 79.9. The van der Waals surface area contributed by atoms with E-state index in [1.165, 1.54) is 6.07 Å². The van der Waals surface area contributed by atoms with Gasteiger partial charge in [-0.3, -0.25) is 0 Å². The van der Waals surface area contributed by atoms with Crippen LogP contribution in [-0.2, 0) is 20.8 Å². The van der Waals surface area contributed by atoms with Crippen molar-refractivity contribution in [3.05, 3.63) is 34.1 Å². The van der Waals surface area contributed by atoms with Gasteiger partial charge in [0.05, 0.1) is 24.3 Å². The average molecular weight is 321 g/mol. The Morgan fingerprint density at radius 1 is 1.11 bits per heavy atom. The Bertz CT molecular complexity index is 347. The van der Waals surface area contributed by atoms with Gasteiger partial charge < -0.3 is 14.2 Å². The van der Waals surface area contributed by atoms with Crippen LogP contribution in [0.3, 0.4) is 0 Å². The predicted octanol–water partition coefficient (Wildman–Crippen LogP) is 3.16. The van der Waals surface area contributed by atoms with Crippen LogP contribution in [0.2, 0.25) is 0 Å². The van der Waals surface area contributed by atoms with E-state index < -0.39 is 0 Å². The first-order valence-electron chi connectivity index (χ1n) is 5.82. The summed E-state index contributed by atoms with van der Waals surface area (Å²) in [6.07, 6.45) is 0.890. The second-order valence-corrected chi connectivity index (χ2v) is 4.61. The summed E-state index contributed by atoms with van der Waals surface area (Å²) in [6, 6.07) is 4.85. The minimum Gasteiger partial charge on any atom is -0.385 e. The van der Waals surface area contributed by atoms with Crippen LogP contribution >= 0.6 is 15.9 Å². The highest BCUT2D eigenvalue weighted by Crippen LogP contribution is 2.17. The molecule has 0 heterocycles. The van der Waals surface area contributed by atoms with Crippen molar-refractivity contribution in [2.24, 2.45) is 0 Å². The molecule has 1 aromatic carbocycles. The third-order valence-electron chi connectivity index (χ3n) is 2.26. The first kappa shape index (κ1) is 15.6. The topological polar surface area (TPSA) is 27.7 Å². The van der Waals surface area contributed by atoms with Crippen LogP contribution in [0.25, 0.3) is 0 Å². The SMILES string of the molecule is COCCCOCCOCc1ccc(F)c(Br)c1. The first-order valence-corrected chi connectivity index (χ1v) is 6.61. The Balaban J connectivity index is 2.05. The Morgan fingerprint density at radius 3 is 2.61 bits per heavy atom. The van der Waals surface area contributed by atoms with E-state index in [0.29, 0.717) is 37.5 Å². The summed E-state index contributed by atoms with van der Waals surface area (Å²) in [6.45, 7) is 2.94. The zero-order chi connectivity index (χ0) is 13.2. The van der Waals surface area contributed by atoms with Gasteiger partial charge in [0, 0.05) is 20.3 Å². The highest BCUT2D eigenvalue weighted by molar-refractivity contribution is 9.10. The molecule has 0 saturated heterocycles. The molecule has 0 aromatic heterocycles. The monoisotopic (exact) mass is 320 g/mol. The number of ether oxygens (including phenoxy) is 3. The Hall–Kier alpha value is -0.490. The van der Waals surface area contributed by atoms with Gasteiger partial charge in [-0.2, -0.15) is 0 Å². The molecule has 0 saturated carbocycles. The lowest BCUT2D eigenvalue weighted by molar-refractivity contribution is 0.0336. The number of hydrogen-bond acceptors (Lipinski definition) is 3. The smallest absolute Gasteiger partial charge is 0.137 e. The fourth-order valence-electron chi connectivity index (χ4n) is 1.34. The van der Waals surface area contributed by atoms with Gasteiger partial charge in [-0.25, -0.2) is 4.39 Å². The third kappa shape index (κ3) is 6.44. The number of halogens is 2. The van der Waals surface area contributed by atoms with E-state index in [1.807, 2.05) is 0 Å². The van der Waals surface area contributed by atoms with Gasteiger partial charge in [-0.1, -0.05) is 6.07 Å². The summed E-state index contributed by atoms with van der Waals surface area (Å²) in [4.78, 5) is 0. The minimum absolute atomic E-state index is 0.264. The lowest BCUT2D eigenvalue weighted by Gasteiger charge is -2.06. The van der Waals surface area contributed by atoms with Gasteiger partial charge in [-0.15, -0.1) is 0 Å². The quantitative estimate of drug-likeness (QED) is 0.654. The molecular weight excluding hydrogens is 303 g/mol. The van der Waals surface area contributed by atoms with Crippen molar-refractivity contribution in [3.8, 4) is 0 Å². The van der Waals surface area contributed by atoms with Crippen LogP contribution in [0, 0.1) is 5.82 Å². The maximum atomic E-state index is 13.0. The van der Waals surface area contributed by atoms with Gasteiger partial charge in [0.25, 0.3) is 0 Å². The lowest BCUT2D eigenvalue weighted by Crippen LogP contribution is -2.06. The van der Waals surface area contributed by atoms with E-state index in [0.717, 1.165) is 12.0 Å². The molecule has 0 fully saturated rings. The molecule has 0 aliphatic heterocycles. The molecule has 1 aromatic rings. The van der Waals surface area contributed by atoms with Gasteiger partial charge in [0.1, 0.15) is 5.82 Å². The van der Waals surface area contributed by atoms with Crippen molar-refractivity contribution in [1.82, 2.24) is 0 Å². The molecule has 0 N–H and O–H groups in total. The van der Waals surface area contributed by atoms with E-state index in [-0.39, 0.29) is 5.82 Å². The van der Waals surface area contributed by atoms with Crippen LogP contribution in [0.4, 0.5) is 4.39 Å². The van der Waals surface area contributed by atoms with E-state index >= 15 is 0 Å². The highest BCUT2D eigenvalue weighted by Gasteiger charge is 2.00. The van der Waals surface area contributed by atoms with Crippen LogP contribution in [0.1, 0.15) is 12.0 Å². The predicted molar refractivity (Wildman–Crippen MR) is 71.1 cm³/mol. The average Bonchev–Trinajstić information content (AvgIpc) is 2.37. The lowest BCUT2D eigenvalue weighted by atomic mass is 10.2. The normalized spacial score (nSPS) is 10.8.